The minimum Gasteiger partial charge on any atom is -0.493 e. The number of thiocarbonyl (C=S) groups is 1. The lowest BCUT2D eigenvalue weighted by atomic mass is 10.2. The summed E-state index contributed by atoms with van der Waals surface area (Å²) in [4.78, 5) is 14.5. The van der Waals surface area contributed by atoms with Crippen molar-refractivity contribution >= 4 is 46.0 Å². The molecule has 1 amide bonds. The van der Waals surface area contributed by atoms with E-state index < -0.39 is 5.82 Å². The molecular weight excluding hydrogens is 473 g/mol. The van der Waals surface area contributed by atoms with Crippen LogP contribution in [0.5, 0.6) is 17.2 Å². The third-order valence-electron chi connectivity index (χ3n) is 4.95. The summed E-state index contributed by atoms with van der Waals surface area (Å²) in [6.45, 7) is 0.998. The van der Waals surface area contributed by atoms with Crippen LogP contribution in [0, 0.1) is 5.82 Å². The number of thioether (sulfide) groups is 1. The predicted molar refractivity (Wildman–Crippen MR) is 137 cm³/mol. The Kier molecular flexibility index (Phi) is 7.82. The van der Waals surface area contributed by atoms with Crippen molar-refractivity contribution in [2.75, 3.05) is 25.2 Å². The maximum Gasteiger partial charge on any atom is 0.270 e. The Bertz CT molecular complexity index is 1210. The van der Waals surface area contributed by atoms with Gasteiger partial charge in [0, 0.05) is 6.42 Å². The highest BCUT2D eigenvalue weighted by molar-refractivity contribution is 8.27. The molecule has 4 rings (SSSR count). The van der Waals surface area contributed by atoms with E-state index in [2.05, 4.69) is 0 Å². The van der Waals surface area contributed by atoms with Crippen LogP contribution >= 0.6 is 24.0 Å². The highest BCUT2D eigenvalue weighted by atomic mass is 32.2. The zero-order chi connectivity index (χ0) is 23.9. The average Bonchev–Trinajstić information content (AvgIpc) is 3.13. The van der Waals surface area contributed by atoms with Gasteiger partial charge in [-0.2, -0.15) is 0 Å². The van der Waals surface area contributed by atoms with Crippen LogP contribution in [0.3, 0.4) is 0 Å². The Morgan fingerprint density at radius 3 is 2.35 bits per heavy atom. The lowest BCUT2D eigenvalue weighted by Gasteiger charge is -2.14. The molecule has 174 valence electrons. The molecule has 0 spiro atoms. The summed E-state index contributed by atoms with van der Waals surface area (Å²) < 4.78 is 31.2. The first-order chi connectivity index (χ1) is 16.6. The predicted octanol–water partition coefficient (Wildman–Crippen LogP) is 6.09. The number of benzene rings is 3. The van der Waals surface area contributed by atoms with Gasteiger partial charge in [-0.1, -0.05) is 60.4 Å². The molecule has 0 radical (unpaired) electrons. The molecule has 0 atom stereocenters. The van der Waals surface area contributed by atoms with Crippen LogP contribution in [0.25, 0.3) is 6.08 Å². The molecule has 0 bridgehead atoms. The first-order valence-electron chi connectivity index (χ1n) is 10.6. The molecule has 1 aliphatic rings. The van der Waals surface area contributed by atoms with E-state index in [1.165, 1.54) is 17.0 Å². The molecule has 1 saturated heterocycles. The quantitative estimate of drug-likeness (QED) is 0.203. The number of carbonyl (C=O) groups is 1. The summed E-state index contributed by atoms with van der Waals surface area (Å²) in [5.41, 5.74) is 0.979. The molecule has 8 heteroatoms. The van der Waals surface area contributed by atoms with E-state index in [-0.39, 0.29) is 11.6 Å². The number of hydrogen-bond donors (Lipinski definition) is 0. The van der Waals surface area contributed by atoms with Crippen LogP contribution < -0.4 is 19.1 Å². The van der Waals surface area contributed by atoms with Crippen LogP contribution in [0.1, 0.15) is 12.0 Å². The molecule has 34 heavy (non-hydrogen) atoms. The molecule has 0 unspecified atom stereocenters. The lowest BCUT2D eigenvalue weighted by molar-refractivity contribution is -0.113. The maximum atomic E-state index is 14.1. The molecule has 0 saturated carbocycles. The number of rotatable bonds is 9. The molecule has 3 aromatic carbocycles. The van der Waals surface area contributed by atoms with Gasteiger partial charge in [0.25, 0.3) is 5.91 Å². The third kappa shape index (κ3) is 5.58. The van der Waals surface area contributed by atoms with E-state index in [4.69, 9.17) is 26.4 Å². The van der Waals surface area contributed by atoms with Crippen LogP contribution in [0.2, 0.25) is 0 Å². The molecule has 1 aliphatic heterocycles. The first-order valence-corrected chi connectivity index (χ1v) is 11.8. The van der Waals surface area contributed by atoms with E-state index in [1.807, 2.05) is 48.5 Å². The van der Waals surface area contributed by atoms with Crippen LogP contribution in [0.15, 0.2) is 77.7 Å². The van der Waals surface area contributed by atoms with Gasteiger partial charge in [0.2, 0.25) is 0 Å². The van der Waals surface area contributed by atoms with Crippen molar-refractivity contribution in [1.82, 2.24) is 0 Å². The molecule has 1 fully saturated rings. The zero-order valence-electron chi connectivity index (χ0n) is 18.4. The van der Waals surface area contributed by atoms with Gasteiger partial charge >= 0.3 is 0 Å². The fraction of sp³-hybridized carbons (Fsp3) is 0.154. The first kappa shape index (κ1) is 23.8. The number of para-hydroxylation sites is 3. The minimum atomic E-state index is -0.491. The fourth-order valence-electron chi connectivity index (χ4n) is 3.29. The molecule has 0 aliphatic carbocycles. The van der Waals surface area contributed by atoms with Crippen molar-refractivity contribution in [1.29, 1.82) is 0 Å². The normalized spacial score (nSPS) is 14.5. The minimum absolute atomic E-state index is 0.159. The summed E-state index contributed by atoms with van der Waals surface area (Å²) in [5, 5.41) is 0. The van der Waals surface area contributed by atoms with E-state index in [0.29, 0.717) is 46.1 Å². The Morgan fingerprint density at radius 2 is 1.62 bits per heavy atom. The summed E-state index contributed by atoms with van der Waals surface area (Å²) >= 11 is 6.46. The van der Waals surface area contributed by atoms with Gasteiger partial charge in [-0.05, 0) is 48.0 Å². The zero-order valence-corrected chi connectivity index (χ0v) is 20.0. The molecule has 0 aromatic heterocycles. The van der Waals surface area contributed by atoms with E-state index in [1.54, 1.807) is 25.3 Å². The van der Waals surface area contributed by atoms with Crippen molar-refractivity contribution in [2.45, 2.75) is 6.42 Å². The topological polar surface area (TPSA) is 48.0 Å². The van der Waals surface area contributed by atoms with Gasteiger partial charge < -0.3 is 14.2 Å². The largest absolute Gasteiger partial charge is 0.493 e. The maximum absolute atomic E-state index is 14.1. The number of amides is 1. The summed E-state index contributed by atoms with van der Waals surface area (Å²) in [6, 6.07) is 21.0. The number of carbonyl (C=O) groups excluding carboxylic acids is 1. The second kappa shape index (κ2) is 11.2. The van der Waals surface area contributed by atoms with Crippen LogP contribution in [-0.4, -0.2) is 30.6 Å². The average molecular weight is 496 g/mol. The number of halogens is 1. The molecular formula is C26H22FNO4S2. The summed E-state index contributed by atoms with van der Waals surface area (Å²) in [6.07, 6.45) is 2.45. The molecule has 5 nitrogen and oxygen atoms in total. The Labute approximate surface area is 207 Å². The highest BCUT2D eigenvalue weighted by Gasteiger charge is 2.34. The number of ether oxygens (including phenoxy) is 3. The van der Waals surface area contributed by atoms with Gasteiger partial charge in [-0.25, -0.2) is 4.39 Å². The SMILES string of the molecule is COc1ccccc1OCCCOc1ccc(C=C2SC(=S)N(c3ccccc3F)C2=O)cc1. The van der Waals surface area contributed by atoms with Crippen LogP contribution in [-0.2, 0) is 4.79 Å². The number of nitrogens with zero attached hydrogens (tertiary/aromatic N) is 1. The van der Waals surface area contributed by atoms with E-state index in [9.17, 15) is 9.18 Å². The smallest absolute Gasteiger partial charge is 0.270 e. The molecule has 1 heterocycles. The highest BCUT2D eigenvalue weighted by Crippen LogP contribution is 2.37. The van der Waals surface area contributed by atoms with E-state index in [0.717, 1.165) is 17.3 Å². The van der Waals surface area contributed by atoms with Crippen molar-refractivity contribution in [3.8, 4) is 17.2 Å². The van der Waals surface area contributed by atoms with Gasteiger partial charge in [-0.3, -0.25) is 9.69 Å². The standard InChI is InChI=1S/C26H22FNO4S2/c1-30-22-9-4-5-10-23(22)32-16-6-15-31-19-13-11-18(12-14-19)17-24-25(29)28(26(33)34-24)21-8-3-2-7-20(21)27/h2-5,7-14,17H,6,15-16H2,1H3. The van der Waals surface area contributed by atoms with E-state index >= 15 is 0 Å². The Balaban J connectivity index is 1.30. The van der Waals surface area contributed by atoms with Crippen molar-refractivity contribution < 1.29 is 23.4 Å². The number of methoxy groups -OCH3 is 1. The van der Waals surface area contributed by atoms with Gasteiger partial charge in [0.05, 0.1) is 30.9 Å². The summed E-state index contributed by atoms with van der Waals surface area (Å²) in [7, 11) is 1.61. The monoisotopic (exact) mass is 495 g/mol. The Morgan fingerprint density at radius 1 is 0.941 bits per heavy atom. The van der Waals surface area contributed by atoms with Crippen molar-refractivity contribution in [3.05, 3.63) is 89.1 Å². The van der Waals surface area contributed by atoms with Crippen LogP contribution in [0.4, 0.5) is 10.1 Å². The second-order valence-electron chi connectivity index (χ2n) is 7.24. The van der Waals surface area contributed by atoms with Crippen molar-refractivity contribution in [2.24, 2.45) is 0 Å². The van der Waals surface area contributed by atoms with Gasteiger partial charge in [-0.15, -0.1) is 0 Å². The number of hydrogen-bond acceptors (Lipinski definition) is 6. The molecule has 0 N–H and O–H groups in total. The Hall–Kier alpha value is -3.36. The molecule has 3 aromatic rings. The van der Waals surface area contributed by atoms with Crippen molar-refractivity contribution in [3.63, 3.8) is 0 Å². The fourth-order valence-corrected chi connectivity index (χ4v) is 4.57. The van der Waals surface area contributed by atoms with Gasteiger partial charge in [0.1, 0.15) is 11.6 Å². The lowest BCUT2D eigenvalue weighted by Crippen LogP contribution is -2.28. The number of anilines is 1. The van der Waals surface area contributed by atoms with Gasteiger partial charge in [0.15, 0.2) is 15.8 Å². The summed E-state index contributed by atoms with van der Waals surface area (Å²) in [5.74, 6) is 1.29. The third-order valence-corrected chi connectivity index (χ3v) is 6.25. The second-order valence-corrected chi connectivity index (χ2v) is 8.91.